The summed E-state index contributed by atoms with van der Waals surface area (Å²) in [5.74, 6) is -3.23. The first-order valence-corrected chi connectivity index (χ1v) is 27.6. The molecule has 0 radical (unpaired) electrons. The first-order chi connectivity index (χ1) is 37.1. The molecule has 4 amide bonds. The van der Waals surface area contributed by atoms with E-state index in [-0.39, 0.29) is 49.1 Å². The van der Waals surface area contributed by atoms with Crippen LogP contribution >= 0.6 is 11.3 Å². The van der Waals surface area contributed by atoms with Crippen LogP contribution in [0.5, 0.6) is 0 Å². The van der Waals surface area contributed by atoms with Crippen LogP contribution in [0.4, 0.5) is 18.9 Å². The van der Waals surface area contributed by atoms with Crippen molar-refractivity contribution < 1.29 is 37.5 Å². The van der Waals surface area contributed by atoms with E-state index in [4.69, 9.17) is 0 Å². The molecule has 2 fully saturated rings. The van der Waals surface area contributed by atoms with E-state index in [1.165, 1.54) is 43.0 Å². The minimum absolute atomic E-state index is 0.0290. The number of aliphatic hydroxyl groups is 1. The van der Waals surface area contributed by atoms with E-state index >= 15 is 13.2 Å². The van der Waals surface area contributed by atoms with Gasteiger partial charge in [0.15, 0.2) is 0 Å². The minimum atomic E-state index is -1.62. The highest BCUT2D eigenvalue weighted by Gasteiger charge is 2.45. The van der Waals surface area contributed by atoms with Gasteiger partial charge in [-0.3, -0.25) is 29.0 Å². The van der Waals surface area contributed by atoms with E-state index in [0.717, 1.165) is 56.9 Å². The lowest BCUT2D eigenvalue weighted by Gasteiger charge is -2.43. The van der Waals surface area contributed by atoms with Crippen molar-refractivity contribution in [2.24, 2.45) is 5.41 Å². The third-order valence-corrected chi connectivity index (χ3v) is 16.1. The lowest BCUT2D eigenvalue weighted by molar-refractivity contribution is -0.142. The molecule has 14 nitrogen and oxygen atoms in total. The number of hydrogen-bond acceptors (Lipinski definition) is 10. The van der Waals surface area contributed by atoms with Gasteiger partial charge in [-0.25, -0.2) is 18.2 Å². The van der Waals surface area contributed by atoms with Gasteiger partial charge in [0.2, 0.25) is 17.7 Å². The Morgan fingerprint density at radius 2 is 1.62 bits per heavy atom. The average molecular weight is 1090 g/mol. The normalized spacial score (nSPS) is 19.8. The number of aryl methyl sites for hydroxylation is 1. The highest BCUT2D eigenvalue weighted by Crippen LogP contribution is 2.43. The number of carbonyl (C=O) groups is 4. The van der Waals surface area contributed by atoms with Crippen molar-refractivity contribution >= 4 is 57.6 Å². The van der Waals surface area contributed by atoms with Gasteiger partial charge in [-0.2, -0.15) is 0 Å². The second-order valence-electron chi connectivity index (χ2n) is 22.7. The summed E-state index contributed by atoms with van der Waals surface area (Å²) >= 11 is 1.57. The first-order valence-electron chi connectivity index (χ1n) is 26.7. The van der Waals surface area contributed by atoms with E-state index < -0.39 is 64.7 Å². The topological polar surface area (TPSA) is 166 Å². The van der Waals surface area contributed by atoms with Crippen LogP contribution < -0.4 is 20.9 Å². The number of halogens is 3. The van der Waals surface area contributed by atoms with Crippen LogP contribution in [0.1, 0.15) is 98.0 Å². The fraction of sp³-hybridized carbons (Fsp3) is 0.417. The molecule has 78 heavy (non-hydrogen) atoms. The lowest BCUT2D eigenvalue weighted by atomic mass is 9.85. The summed E-state index contributed by atoms with van der Waals surface area (Å²) in [6, 6.07) is 22.2. The number of carbonyl (C=O) groups excluding carboxylic acids is 4. The van der Waals surface area contributed by atoms with Crippen molar-refractivity contribution in [3.63, 3.8) is 0 Å². The van der Waals surface area contributed by atoms with Gasteiger partial charge in [0, 0.05) is 111 Å². The molecule has 6 aromatic rings. The quantitative estimate of drug-likeness (QED) is 0.0600. The molecule has 412 valence electrons. The molecule has 2 saturated heterocycles. The second-order valence-corrected chi connectivity index (χ2v) is 23.5. The third kappa shape index (κ3) is 12.7. The lowest BCUT2D eigenvalue weighted by Crippen LogP contribution is -2.57. The molecule has 0 bridgehead atoms. The van der Waals surface area contributed by atoms with E-state index in [2.05, 4.69) is 35.7 Å². The molecule has 5 atom stereocenters. The minimum Gasteiger partial charge on any atom is -0.391 e. The summed E-state index contributed by atoms with van der Waals surface area (Å²) in [5, 5.41) is 20.4. The summed E-state index contributed by atoms with van der Waals surface area (Å²) in [5.41, 5.74) is 6.12. The summed E-state index contributed by atoms with van der Waals surface area (Å²) in [6.45, 7) is 16.4. The van der Waals surface area contributed by atoms with Crippen molar-refractivity contribution in [2.75, 3.05) is 57.3 Å². The zero-order valence-electron chi connectivity index (χ0n) is 45.3. The van der Waals surface area contributed by atoms with Gasteiger partial charge in [-0.05, 0) is 110 Å². The number of aromatic nitrogens is 2. The third-order valence-electron chi connectivity index (χ3n) is 15.2. The number of fused-ring (bicyclic) bond motifs is 3. The molecule has 0 unspecified atom stereocenters. The van der Waals surface area contributed by atoms with Crippen LogP contribution in [0.25, 0.3) is 27.4 Å². The number of anilines is 1. The summed E-state index contributed by atoms with van der Waals surface area (Å²) in [7, 11) is 0. The number of benzene rings is 4. The molecular weight excluding hydrogens is 1020 g/mol. The van der Waals surface area contributed by atoms with Crippen LogP contribution in [0.2, 0.25) is 0 Å². The average Bonchev–Trinajstić information content (AvgIpc) is 4.30. The van der Waals surface area contributed by atoms with E-state index in [1.54, 1.807) is 23.5 Å². The standard InChI is InChI=1S/C60H70F3N9O5S/c1-36-28-45-44-10-8-9-11-48(44)67-52(45)53(72(36)34-60(6,7)63)51-46(61)29-39(30-47(51)62)14-21-50(74)64-22-23-69-24-26-70(27-25-69)42-19-17-41(18-20-42)56(75)68-55(59(3,4)5)58(77)71-33-43(73)31-49(71)57(76)65-32-38-12-15-40(16-13-38)54-37(2)66-35-78-54/h8-21,29-30,35-36,43,49,53,55,67,73H,22-28,31-34H2,1-7H3,(H,64,74)(H,65,76)(H,68,75)/b21-14+/t36-,43-,49+,53-,55-/m1/s1. The molecule has 0 aliphatic carbocycles. The number of para-hydroxylation sites is 1. The largest absolute Gasteiger partial charge is 0.391 e. The molecule has 2 aromatic heterocycles. The predicted molar refractivity (Wildman–Crippen MR) is 300 cm³/mol. The van der Waals surface area contributed by atoms with Crippen molar-refractivity contribution in [3.8, 4) is 10.4 Å². The summed E-state index contributed by atoms with van der Waals surface area (Å²) in [6.07, 6.45) is 2.43. The van der Waals surface area contributed by atoms with Crippen LogP contribution in [0.3, 0.4) is 0 Å². The molecule has 4 aromatic carbocycles. The molecule has 9 rings (SSSR count). The number of aliphatic hydroxyl groups excluding tert-OH is 1. The van der Waals surface area contributed by atoms with Gasteiger partial charge in [-0.15, -0.1) is 11.3 Å². The Kier molecular flexibility index (Phi) is 16.6. The van der Waals surface area contributed by atoms with Gasteiger partial charge in [0.05, 0.1) is 28.2 Å². The Balaban J connectivity index is 0.742. The molecule has 5 N–H and O–H groups in total. The van der Waals surface area contributed by atoms with E-state index in [0.29, 0.717) is 43.9 Å². The first kappa shape index (κ1) is 55.9. The number of nitrogens with one attached hydrogen (secondary N) is 4. The Morgan fingerprint density at radius 3 is 2.27 bits per heavy atom. The molecule has 0 saturated carbocycles. The summed E-state index contributed by atoms with van der Waals surface area (Å²) in [4.78, 5) is 71.0. The molecule has 3 aliphatic heterocycles. The SMILES string of the molecule is Cc1ncsc1-c1ccc(CNC(=O)[C@@H]2C[C@@H](O)CN2C(=O)[C@@H](NC(=O)c2ccc(N3CCN(CCNC(=O)/C=C/c4cc(F)c([C@@H]5c6[nH]c7ccccc7c6C[C@@H](C)N5CC(C)(C)F)c(F)c4)CC3)cc2)C(C)(C)C)cc1. The zero-order chi connectivity index (χ0) is 55.6. The predicted octanol–water partition coefficient (Wildman–Crippen LogP) is 8.34. The molecule has 0 spiro atoms. The Bertz CT molecular complexity index is 3150. The van der Waals surface area contributed by atoms with Gasteiger partial charge in [0.25, 0.3) is 5.91 Å². The van der Waals surface area contributed by atoms with Gasteiger partial charge in [-0.1, -0.05) is 63.2 Å². The maximum atomic E-state index is 16.2. The number of alkyl halides is 1. The van der Waals surface area contributed by atoms with Crippen molar-refractivity contribution in [3.05, 3.63) is 147 Å². The van der Waals surface area contributed by atoms with Crippen molar-refractivity contribution in [2.45, 2.75) is 104 Å². The fourth-order valence-corrected chi connectivity index (χ4v) is 11.9. The van der Waals surface area contributed by atoms with Crippen LogP contribution in [-0.4, -0.2) is 136 Å². The monoisotopic (exact) mass is 1090 g/mol. The number of rotatable bonds is 16. The number of β-amino-alcohol motifs (C(OH)–C–C–N with tert-alkyl or cyclic N) is 1. The van der Waals surface area contributed by atoms with Crippen molar-refractivity contribution in [1.29, 1.82) is 0 Å². The zero-order valence-corrected chi connectivity index (χ0v) is 46.2. The summed E-state index contributed by atoms with van der Waals surface area (Å²) < 4.78 is 47.6. The molecular formula is C60H70F3N9O5S. The number of piperazine rings is 1. The Labute approximate surface area is 458 Å². The highest BCUT2D eigenvalue weighted by atomic mass is 32.1. The number of aromatic amines is 1. The number of hydrogen-bond donors (Lipinski definition) is 5. The Morgan fingerprint density at radius 1 is 0.923 bits per heavy atom. The number of likely N-dealkylation sites (tertiary alicyclic amines) is 1. The molecule has 5 heterocycles. The Hall–Kier alpha value is -6.86. The number of amides is 4. The fourth-order valence-electron chi connectivity index (χ4n) is 11.1. The van der Waals surface area contributed by atoms with Crippen molar-refractivity contribution in [1.82, 2.24) is 40.6 Å². The van der Waals surface area contributed by atoms with Gasteiger partial charge < -0.3 is 35.8 Å². The molecule has 3 aliphatic rings. The van der Waals surface area contributed by atoms with Crippen LogP contribution in [0, 0.1) is 24.0 Å². The number of nitrogens with zero attached hydrogens (tertiary/aromatic N) is 5. The number of H-pyrrole nitrogens is 1. The highest BCUT2D eigenvalue weighted by molar-refractivity contribution is 7.13. The van der Waals surface area contributed by atoms with Gasteiger partial charge >= 0.3 is 0 Å². The second kappa shape index (κ2) is 23.2. The maximum absolute atomic E-state index is 16.2. The van der Waals surface area contributed by atoms with Crippen LogP contribution in [-0.2, 0) is 27.3 Å². The maximum Gasteiger partial charge on any atom is 0.251 e. The van der Waals surface area contributed by atoms with Gasteiger partial charge in [0.1, 0.15) is 29.4 Å². The van der Waals surface area contributed by atoms with E-state index in [9.17, 15) is 24.3 Å². The number of thiazole rings is 1. The smallest absolute Gasteiger partial charge is 0.251 e. The van der Waals surface area contributed by atoms with E-state index in [1.807, 2.05) is 106 Å². The van der Waals surface area contributed by atoms with Crippen LogP contribution in [0.15, 0.2) is 96.5 Å². The molecule has 18 heteroatoms.